The van der Waals surface area contributed by atoms with Gasteiger partial charge in [-0.05, 0) is 0 Å². The monoisotopic (exact) mass is 99.0 g/mol. The maximum absolute atomic E-state index is 10.4. The van der Waals surface area contributed by atoms with E-state index in [1.54, 1.807) is 12.1 Å². The average molecular weight is 99.0 g/mol. The van der Waals surface area contributed by atoms with Crippen LogP contribution in [0.2, 0.25) is 0 Å². The van der Waals surface area contributed by atoms with Crippen molar-refractivity contribution in [1.82, 2.24) is 0 Å². The molecule has 35 valence electrons. The zero-order valence-corrected chi connectivity index (χ0v) is 4.72. The van der Waals surface area contributed by atoms with Gasteiger partial charge in [-0.25, -0.2) is 0 Å². The molecular formula is C6H4LiO. The van der Waals surface area contributed by atoms with Gasteiger partial charge in [0, 0.05) is 0 Å². The normalized spacial score (nSPS) is 9.25. The summed E-state index contributed by atoms with van der Waals surface area (Å²) in [6.45, 7) is 0. The molecule has 1 nitrogen and oxygen atoms in total. The van der Waals surface area contributed by atoms with E-state index >= 15 is 0 Å². The number of hydrogen-bond acceptors (Lipinski definition) is 0. The fraction of sp³-hybridized carbons (Fsp3) is 0. The van der Waals surface area contributed by atoms with E-state index in [9.17, 15) is 5.11 Å². The first-order chi connectivity index (χ1) is 3.79. The molecule has 0 aromatic heterocycles. The van der Waals surface area contributed by atoms with Crippen molar-refractivity contribution in [3.8, 4) is 5.75 Å². The van der Waals surface area contributed by atoms with Crippen molar-refractivity contribution in [3.05, 3.63) is 24.3 Å². The van der Waals surface area contributed by atoms with Crippen LogP contribution in [0.25, 0.3) is 0 Å². The molecule has 0 N–H and O–H groups in total. The summed E-state index contributed by atoms with van der Waals surface area (Å²) in [5, 5.41) is 10.4. The standard InChI is InChI=1S/C6H4O.Li/c7-6-4-2-1-3-5-6;/h2-5H;. The second-order valence-electron chi connectivity index (χ2n) is 1.81. The van der Waals surface area contributed by atoms with Gasteiger partial charge in [-0.2, -0.15) is 0 Å². The fourth-order valence-electron chi connectivity index (χ4n) is 0.538. The van der Waals surface area contributed by atoms with Crippen LogP contribution >= 0.6 is 0 Å². The molecule has 1 aromatic rings. The van der Waals surface area contributed by atoms with Crippen LogP contribution < -0.4 is 4.24 Å². The predicted octanol–water partition coefficient (Wildman–Crippen LogP) is 0.624. The van der Waals surface area contributed by atoms with Crippen LogP contribution in [0.5, 0.6) is 5.75 Å². The Morgan fingerprint density at radius 2 is 1.62 bits per heavy atom. The minimum atomic E-state index is 0.0793. The molecule has 0 saturated carbocycles. The molecule has 0 aliphatic heterocycles. The Hall–Kier alpha value is -0.383. The van der Waals surface area contributed by atoms with E-state index in [2.05, 4.69) is 0 Å². The molecule has 0 unspecified atom stereocenters. The molecule has 0 spiro atoms. The molecule has 1 radical (unpaired) electrons. The third-order valence-electron chi connectivity index (χ3n) is 1.02. The summed E-state index contributed by atoms with van der Waals surface area (Å²) in [6, 6.07) is 6.75. The maximum atomic E-state index is 10.4. The van der Waals surface area contributed by atoms with Gasteiger partial charge in [0.1, 0.15) is 0 Å². The molecule has 0 saturated heterocycles. The Bertz CT molecular complexity index is 147. The minimum absolute atomic E-state index is 0.0793. The number of rotatable bonds is 0. The molecule has 0 heterocycles. The number of hydrogen-bond donors (Lipinski definition) is 0. The Morgan fingerprint density at radius 3 is 2.00 bits per heavy atom. The van der Waals surface area contributed by atoms with Gasteiger partial charge in [-0.1, -0.05) is 0 Å². The van der Waals surface area contributed by atoms with E-state index in [1.165, 1.54) is 0 Å². The molecule has 0 atom stereocenters. The summed E-state index contributed by atoms with van der Waals surface area (Å²) >= 11 is 1.96. The molecule has 0 amide bonds. The van der Waals surface area contributed by atoms with Gasteiger partial charge in [0.15, 0.2) is 0 Å². The van der Waals surface area contributed by atoms with Crippen LogP contribution in [-0.4, -0.2) is 17.7 Å². The second-order valence-corrected chi connectivity index (χ2v) is 1.81. The van der Waals surface area contributed by atoms with Crippen molar-refractivity contribution in [2.24, 2.45) is 0 Å². The summed E-state index contributed by atoms with van der Waals surface area (Å²) in [6.07, 6.45) is 0. The Kier molecular flexibility index (Phi) is 1.62. The van der Waals surface area contributed by atoms with Gasteiger partial charge in [0.05, 0.1) is 0 Å². The third-order valence-corrected chi connectivity index (χ3v) is 1.02. The van der Waals surface area contributed by atoms with Crippen LogP contribution in [-0.2, 0) is 5.11 Å². The molecule has 0 fully saturated rings. The molecule has 8 heavy (non-hydrogen) atoms. The van der Waals surface area contributed by atoms with Crippen LogP contribution in [0.3, 0.4) is 0 Å². The van der Waals surface area contributed by atoms with E-state index < -0.39 is 0 Å². The number of benzene rings is 1. The molecule has 0 aliphatic carbocycles. The van der Waals surface area contributed by atoms with E-state index in [0.717, 1.165) is 4.24 Å². The van der Waals surface area contributed by atoms with Crippen molar-refractivity contribution >= 4 is 22.0 Å². The average Bonchev–Trinajstić information content (AvgIpc) is 1.77. The van der Waals surface area contributed by atoms with E-state index in [4.69, 9.17) is 0 Å². The van der Waals surface area contributed by atoms with Crippen molar-refractivity contribution in [2.45, 2.75) is 0 Å². The van der Waals surface area contributed by atoms with Gasteiger partial charge >= 0.3 is 57.1 Å². The molecule has 1 rings (SSSR count). The first-order valence-electron chi connectivity index (χ1n) is 2.53. The predicted molar refractivity (Wildman–Crippen MR) is 32.0 cm³/mol. The Balaban J connectivity index is 3.03. The van der Waals surface area contributed by atoms with Gasteiger partial charge in [0.25, 0.3) is 0 Å². The van der Waals surface area contributed by atoms with Crippen molar-refractivity contribution in [3.63, 3.8) is 0 Å². The molecule has 0 aliphatic rings. The van der Waals surface area contributed by atoms with E-state index in [1.807, 2.05) is 29.8 Å². The Morgan fingerprint density at radius 1 is 1.12 bits per heavy atom. The first kappa shape index (κ1) is 5.75. The van der Waals surface area contributed by atoms with E-state index in [-0.39, 0.29) is 5.75 Å². The topological polar surface area (TPSA) is 19.9 Å². The summed E-state index contributed by atoms with van der Waals surface area (Å²) in [5.74, 6) is 0.0793. The van der Waals surface area contributed by atoms with Crippen LogP contribution in [0.4, 0.5) is 0 Å². The zero-order chi connectivity index (χ0) is 5.98. The summed E-state index contributed by atoms with van der Waals surface area (Å²) in [7, 11) is 0. The van der Waals surface area contributed by atoms with Crippen LogP contribution in [0.15, 0.2) is 24.3 Å². The third kappa shape index (κ3) is 1.29. The van der Waals surface area contributed by atoms with Gasteiger partial charge in [0.2, 0.25) is 0 Å². The summed E-state index contributed by atoms with van der Waals surface area (Å²) < 4.78 is 1.13. The quantitative estimate of drug-likeness (QED) is 0.425. The van der Waals surface area contributed by atoms with Crippen molar-refractivity contribution < 1.29 is 5.11 Å². The van der Waals surface area contributed by atoms with Gasteiger partial charge in [-0.15, -0.1) is 0 Å². The molecule has 0 bridgehead atoms. The first-order valence-corrected chi connectivity index (χ1v) is 2.53. The molecular weight excluding hydrogens is 95.0 g/mol. The SMILES string of the molecule is [Li][c]1ccc([O])cc1. The van der Waals surface area contributed by atoms with Crippen LogP contribution in [0.1, 0.15) is 0 Å². The molecule has 1 aromatic carbocycles. The van der Waals surface area contributed by atoms with E-state index in [0.29, 0.717) is 0 Å². The zero-order valence-electron chi connectivity index (χ0n) is 4.72. The van der Waals surface area contributed by atoms with Crippen molar-refractivity contribution in [2.75, 3.05) is 0 Å². The summed E-state index contributed by atoms with van der Waals surface area (Å²) in [4.78, 5) is 0. The Labute approximate surface area is 57.5 Å². The van der Waals surface area contributed by atoms with Crippen LogP contribution in [0, 0.1) is 0 Å². The van der Waals surface area contributed by atoms with Gasteiger partial charge < -0.3 is 0 Å². The van der Waals surface area contributed by atoms with Gasteiger partial charge in [-0.3, -0.25) is 0 Å². The molecule has 2 heteroatoms. The van der Waals surface area contributed by atoms with Crippen molar-refractivity contribution in [1.29, 1.82) is 0 Å². The second kappa shape index (κ2) is 2.26. The fourth-order valence-corrected chi connectivity index (χ4v) is 0.538. The summed E-state index contributed by atoms with van der Waals surface area (Å²) in [5.41, 5.74) is 0.